The molecule has 1 aliphatic heterocycles. The summed E-state index contributed by atoms with van der Waals surface area (Å²) in [4.78, 5) is 13.9. The smallest absolute Gasteiger partial charge is 0.243 e. The highest BCUT2D eigenvalue weighted by Gasteiger charge is 2.28. The van der Waals surface area contributed by atoms with Gasteiger partial charge in [-0.15, -0.1) is 0 Å². The minimum atomic E-state index is -3.44. The minimum Gasteiger partial charge on any atom is -0.355 e. The minimum absolute atomic E-state index is 0.0149. The summed E-state index contributed by atoms with van der Waals surface area (Å²) in [7, 11) is -3.44. The van der Waals surface area contributed by atoms with Crippen LogP contribution in [0.2, 0.25) is 0 Å². The maximum Gasteiger partial charge on any atom is 0.243 e. The van der Waals surface area contributed by atoms with Crippen LogP contribution in [0.25, 0.3) is 0 Å². The summed E-state index contributed by atoms with van der Waals surface area (Å²) in [5.74, 6) is -0.0149. The lowest BCUT2D eigenvalue weighted by Gasteiger charge is -2.33. The van der Waals surface area contributed by atoms with Crippen LogP contribution < -0.4 is 5.32 Å². The maximum absolute atomic E-state index is 12.6. The number of likely N-dealkylation sites (N-methyl/N-ethyl adjacent to an activating group) is 1. The molecule has 0 atom stereocenters. The third kappa shape index (κ3) is 4.53. The quantitative estimate of drug-likeness (QED) is 0.828. The fraction of sp³-hybridized carbons (Fsp3) is 0.562. The average molecular weight is 339 g/mol. The summed E-state index contributed by atoms with van der Waals surface area (Å²) in [6.45, 7) is 6.83. The third-order valence-corrected chi connectivity index (χ3v) is 5.95. The Morgan fingerprint density at radius 1 is 1.09 bits per heavy atom. The van der Waals surface area contributed by atoms with Gasteiger partial charge in [0.2, 0.25) is 15.9 Å². The number of carbonyl (C=O) groups excluding carboxylic acids is 1. The van der Waals surface area contributed by atoms with Gasteiger partial charge in [0.25, 0.3) is 0 Å². The van der Waals surface area contributed by atoms with Crippen LogP contribution in [0.3, 0.4) is 0 Å². The molecule has 0 spiro atoms. The Kier molecular flexibility index (Phi) is 6.15. The Labute approximate surface area is 138 Å². The lowest BCUT2D eigenvalue weighted by atomic mass is 10.2. The van der Waals surface area contributed by atoms with E-state index in [1.807, 2.05) is 30.9 Å². The predicted octanol–water partition coefficient (Wildman–Crippen LogP) is 0.691. The van der Waals surface area contributed by atoms with Crippen LogP contribution in [0.15, 0.2) is 29.2 Å². The number of nitrogens with one attached hydrogen (secondary N) is 1. The van der Waals surface area contributed by atoms with Crippen LogP contribution in [-0.4, -0.2) is 62.8 Å². The second-order valence-electron chi connectivity index (χ2n) is 5.63. The number of amides is 1. The monoisotopic (exact) mass is 339 g/mol. The molecule has 1 fully saturated rings. The van der Waals surface area contributed by atoms with Gasteiger partial charge in [-0.2, -0.15) is 4.31 Å². The van der Waals surface area contributed by atoms with Crippen LogP contribution in [0.1, 0.15) is 19.4 Å². The summed E-state index contributed by atoms with van der Waals surface area (Å²) in [5, 5.41) is 2.76. The molecule has 2 rings (SSSR count). The molecule has 1 heterocycles. The highest BCUT2D eigenvalue weighted by molar-refractivity contribution is 7.89. The van der Waals surface area contributed by atoms with Crippen molar-refractivity contribution < 1.29 is 13.2 Å². The first-order valence-electron chi connectivity index (χ1n) is 8.05. The normalized spacial score (nSPS) is 17.1. The van der Waals surface area contributed by atoms with Gasteiger partial charge in [-0.05, 0) is 31.0 Å². The zero-order valence-electron chi connectivity index (χ0n) is 13.8. The molecule has 128 valence electrons. The van der Waals surface area contributed by atoms with Crippen molar-refractivity contribution in [2.45, 2.75) is 25.2 Å². The van der Waals surface area contributed by atoms with Crippen LogP contribution in [0.4, 0.5) is 0 Å². The SMILES string of the molecule is CCNC(=O)CN1CCN(S(=O)(=O)c2ccc(CC)cc2)CC1. The number of benzene rings is 1. The van der Waals surface area contributed by atoms with Gasteiger partial charge in [0.1, 0.15) is 0 Å². The topological polar surface area (TPSA) is 69.7 Å². The Balaban J connectivity index is 1.96. The number of hydrogen-bond acceptors (Lipinski definition) is 4. The molecule has 1 N–H and O–H groups in total. The van der Waals surface area contributed by atoms with Crippen molar-refractivity contribution in [2.24, 2.45) is 0 Å². The molecule has 23 heavy (non-hydrogen) atoms. The van der Waals surface area contributed by atoms with E-state index < -0.39 is 10.0 Å². The van der Waals surface area contributed by atoms with E-state index >= 15 is 0 Å². The van der Waals surface area contributed by atoms with Gasteiger partial charge in [-0.1, -0.05) is 19.1 Å². The number of aryl methyl sites for hydroxylation is 1. The first-order chi connectivity index (χ1) is 11.0. The number of nitrogens with zero attached hydrogens (tertiary/aromatic N) is 2. The molecular formula is C16H25N3O3S. The van der Waals surface area contributed by atoms with Gasteiger partial charge in [0, 0.05) is 32.7 Å². The lowest BCUT2D eigenvalue weighted by Crippen LogP contribution is -2.51. The summed E-state index contributed by atoms with van der Waals surface area (Å²) >= 11 is 0. The van der Waals surface area contributed by atoms with Crippen molar-refractivity contribution in [2.75, 3.05) is 39.3 Å². The molecule has 1 saturated heterocycles. The molecule has 1 amide bonds. The summed E-state index contributed by atoms with van der Waals surface area (Å²) in [6.07, 6.45) is 0.888. The van der Waals surface area contributed by atoms with Gasteiger partial charge in [0.05, 0.1) is 11.4 Å². The molecule has 7 heteroatoms. The second kappa shape index (κ2) is 7.90. The van der Waals surface area contributed by atoms with E-state index in [4.69, 9.17) is 0 Å². The number of hydrogen-bond donors (Lipinski definition) is 1. The lowest BCUT2D eigenvalue weighted by molar-refractivity contribution is -0.122. The van der Waals surface area contributed by atoms with Gasteiger partial charge >= 0.3 is 0 Å². The highest BCUT2D eigenvalue weighted by Crippen LogP contribution is 2.18. The number of carbonyl (C=O) groups is 1. The van der Waals surface area contributed by atoms with Gasteiger partial charge < -0.3 is 5.32 Å². The molecule has 0 saturated carbocycles. The van der Waals surface area contributed by atoms with Crippen molar-refractivity contribution in [1.29, 1.82) is 0 Å². The average Bonchev–Trinajstić information content (AvgIpc) is 2.55. The summed E-state index contributed by atoms with van der Waals surface area (Å²) < 4.78 is 26.8. The van der Waals surface area contributed by atoms with Crippen molar-refractivity contribution in [3.63, 3.8) is 0 Å². The third-order valence-electron chi connectivity index (χ3n) is 4.04. The molecule has 0 unspecified atom stereocenters. The molecule has 1 aromatic rings. The Morgan fingerprint density at radius 2 is 1.70 bits per heavy atom. The van der Waals surface area contributed by atoms with Gasteiger partial charge in [-0.3, -0.25) is 9.69 Å². The molecule has 0 aromatic heterocycles. The molecule has 0 bridgehead atoms. The van der Waals surface area contributed by atoms with Crippen LogP contribution in [-0.2, 0) is 21.2 Å². The van der Waals surface area contributed by atoms with Crippen LogP contribution in [0, 0.1) is 0 Å². The van der Waals surface area contributed by atoms with E-state index in [1.165, 1.54) is 4.31 Å². The van der Waals surface area contributed by atoms with E-state index in [9.17, 15) is 13.2 Å². The fourth-order valence-corrected chi connectivity index (χ4v) is 4.05. The first-order valence-corrected chi connectivity index (χ1v) is 9.49. The number of rotatable bonds is 6. The molecule has 6 nitrogen and oxygen atoms in total. The first kappa shape index (κ1) is 17.9. The Bertz CT molecular complexity index is 620. The van der Waals surface area contributed by atoms with Crippen molar-refractivity contribution in [1.82, 2.24) is 14.5 Å². The predicted molar refractivity (Wildman–Crippen MR) is 89.7 cm³/mol. The number of sulfonamides is 1. The maximum atomic E-state index is 12.6. The molecular weight excluding hydrogens is 314 g/mol. The summed E-state index contributed by atoms with van der Waals surface area (Å²) in [5.41, 5.74) is 1.12. The largest absolute Gasteiger partial charge is 0.355 e. The highest BCUT2D eigenvalue weighted by atomic mass is 32.2. The van der Waals surface area contributed by atoms with E-state index in [0.717, 1.165) is 12.0 Å². The number of piperazine rings is 1. The van der Waals surface area contributed by atoms with E-state index in [0.29, 0.717) is 44.2 Å². The van der Waals surface area contributed by atoms with E-state index in [1.54, 1.807) is 12.1 Å². The van der Waals surface area contributed by atoms with Crippen molar-refractivity contribution >= 4 is 15.9 Å². The molecule has 0 aliphatic carbocycles. The fourth-order valence-electron chi connectivity index (χ4n) is 2.63. The second-order valence-corrected chi connectivity index (χ2v) is 7.57. The van der Waals surface area contributed by atoms with Crippen molar-refractivity contribution in [3.8, 4) is 0 Å². The molecule has 1 aliphatic rings. The van der Waals surface area contributed by atoms with Crippen LogP contribution >= 0.6 is 0 Å². The zero-order chi connectivity index (χ0) is 16.9. The standard InChI is InChI=1S/C16H25N3O3S/c1-3-14-5-7-15(8-6-14)23(21,22)19-11-9-18(10-12-19)13-16(20)17-4-2/h5-8H,3-4,9-13H2,1-2H3,(H,17,20). The Hall–Kier alpha value is -1.44. The zero-order valence-corrected chi connectivity index (χ0v) is 14.6. The van der Waals surface area contributed by atoms with Gasteiger partial charge in [0.15, 0.2) is 0 Å². The Morgan fingerprint density at radius 3 is 2.22 bits per heavy atom. The molecule has 1 aromatic carbocycles. The summed E-state index contributed by atoms with van der Waals surface area (Å²) in [6, 6.07) is 7.07. The van der Waals surface area contributed by atoms with Crippen LogP contribution in [0.5, 0.6) is 0 Å². The molecule has 0 radical (unpaired) electrons. The van der Waals surface area contributed by atoms with Gasteiger partial charge in [-0.25, -0.2) is 8.42 Å². The van der Waals surface area contributed by atoms with Crippen molar-refractivity contribution in [3.05, 3.63) is 29.8 Å². The van der Waals surface area contributed by atoms with E-state index in [2.05, 4.69) is 5.32 Å². The van der Waals surface area contributed by atoms with E-state index in [-0.39, 0.29) is 5.91 Å².